The molecule has 0 atom stereocenters. The number of benzene rings is 1. The quantitative estimate of drug-likeness (QED) is 0.714. The molecule has 0 N–H and O–H groups in total. The Morgan fingerprint density at radius 1 is 1.29 bits per heavy atom. The number of nitrogens with zero attached hydrogens (tertiary/aromatic N) is 1. The van der Waals surface area contributed by atoms with E-state index in [2.05, 4.69) is 61.4 Å². The number of aromatic nitrogens is 1. The third-order valence-corrected chi connectivity index (χ3v) is 2.83. The SMILES string of the molecule is CC(C)n1c(CS)cc2ccccc21. The molecule has 0 unspecified atom stereocenters. The summed E-state index contributed by atoms with van der Waals surface area (Å²) in [4.78, 5) is 0. The standard InChI is InChI=1S/C12H15NS/c1-9(2)13-11(8-14)7-10-5-3-4-6-12(10)13/h3-7,9,14H,8H2,1-2H3. The Morgan fingerprint density at radius 2 is 2.00 bits per heavy atom. The highest BCUT2D eigenvalue weighted by Crippen LogP contribution is 2.24. The predicted octanol–water partition coefficient (Wildman–Crippen LogP) is 3.65. The van der Waals surface area contributed by atoms with Crippen LogP contribution < -0.4 is 0 Å². The minimum atomic E-state index is 0.497. The summed E-state index contributed by atoms with van der Waals surface area (Å²) in [6.45, 7) is 4.42. The highest BCUT2D eigenvalue weighted by Gasteiger charge is 2.08. The molecule has 0 aliphatic rings. The second-order valence-electron chi connectivity index (χ2n) is 3.82. The first-order valence-corrected chi connectivity index (χ1v) is 5.57. The van der Waals surface area contributed by atoms with Crippen molar-refractivity contribution in [2.24, 2.45) is 0 Å². The summed E-state index contributed by atoms with van der Waals surface area (Å²) in [5, 5.41) is 1.31. The van der Waals surface area contributed by atoms with Crippen LogP contribution in [0.4, 0.5) is 0 Å². The van der Waals surface area contributed by atoms with E-state index < -0.39 is 0 Å². The molecule has 14 heavy (non-hydrogen) atoms. The van der Waals surface area contributed by atoms with Crippen LogP contribution >= 0.6 is 12.6 Å². The highest BCUT2D eigenvalue weighted by molar-refractivity contribution is 7.79. The van der Waals surface area contributed by atoms with Crippen LogP contribution in [0, 0.1) is 0 Å². The smallest absolute Gasteiger partial charge is 0.0485 e. The van der Waals surface area contributed by atoms with Gasteiger partial charge in [0.2, 0.25) is 0 Å². The van der Waals surface area contributed by atoms with Gasteiger partial charge in [-0.05, 0) is 31.4 Å². The predicted molar refractivity (Wildman–Crippen MR) is 65.0 cm³/mol. The third-order valence-electron chi connectivity index (χ3n) is 2.51. The van der Waals surface area contributed by atoms with E-state index in [1.54, 1.807) is 0 Å². The molecule has 2 rings (SSSR count). The number of para-hydroxylation sites is 1. The molecule has 74 valence electrons. The summed E-state index contributed by atoms with van der Waals surface area (Å²) < 4.78 is 2.35. The zero-order chi connectivity index (χ0) is 10.1. The molecule has 1 aromatic heterocycles. The van der Waals surface area contributed by atoms with E-state index in [1.807, 2.05) is 0 Å². The van der Waals surface area contributed by atoms with E-state index in [0.29, 0.717) is 6.04 Å². The van der Waals surface area contributed by atoms with Crippen LogP contribution in [0.2, 0.25) is 0 Å². The van der Waals surface area contributed by atoms with Gasteiger partial charge in [0.1, 0.15) is 0 Å². The van der Waals surface area contributed by atoms with E-state index in [0.717, 1.165) is 5.75 Å². The second kappa shape index (κ2) is 3.70. The Labute approximate surface area is 90.1 Å². The topological polar surface area (TPSA) is 4.93 Å². The average molecular weight is 205 g/mol. The van der Waals surface area contributed by atoms with Gasteiger partial charge in [0.05, 0.1) is 0 Å². The molecular formula is C12H15NS. The Balaban J connectivity index is 2.74. The van der Waals surface area contributed by atoms with E-state index >= 15 is 0 Å². The summed E-state index contributed by atoms with van der Waals surface area (Å²) in [5.41, 5.74) is 2.61. The van der Waals surface area contributed by atoms with Crippen molar-refractivity contribution in [2.75, 3.05) is 0 Å². The van der Waals surface area contributed by atoms with E-state index in [-0.39, 0.29) is 0 Å². The third kappa shape index (κ3) is 1.44. The molecule has 0 aliphatic heterocycles. The first-order valence-electron chi connectivity index (χ1n) is 4.93. The summed E-state index contributed by atoms with van der Waals surface area (Å²) >= 11 is 4.36. The molecule has 0 fully saturated rings. The zero-order valence-electron chi connectivity index (χ0n) is 8.57. The van der Waals surface area contributed by atoms with E-state index in [9.17, 15) is 0 Å². The Morgan fingerprint density at radius 3 is 2.64 bits per heavy atom. The van der Waals surface area contributed by atoms with E-state index in [1.165, 1.54) is 16.6 Å². The number of fused-ring (bicyclic) bond motifs is 1. The van der Waals surface area contributed by atoms with Gasteiger partial charge in [-0.3, -0.25) is 0 Å². The van der Waals surface area contributed by atoms with Crippen molar-refractivity contribution in [2.45, 2.75) is 25.6 Å². The van der Waals surface area contributed by atoms with Crippen LogP contribution in [-0.4, -0.2) is 4.57 Å². The maximum atomic E-state index is 4.36. The maximum Gasteiger partial charge on any atom is 0.0485 e. The van der Waals surface area contributed by atoms with Crippen LogP contribution in [0.5, 0.6) is 0 Å². The van der Waals surface area contributed by atoms with E-state index in [4.69, 9.17) is 0 Å². The number of thiol groups is 1. The van der Waals surface area contributed by atoms with Crippen molar-refractivity contribution in [3.05, 3.63) is 36.0 Å². The fourth-order valence-corrected chi connectivity index (χ4v) is 2.21. The minimum absolute atomic E-state index is 0.497. The molecule has 0 saturated carbocycles. The van der Waals surface area contributed by atoms with Gasteiger partial charge in [0, 0.05) is 23.0 Å². The summed E-state index contributed by atoms with van der Waals surface area (Å²) in [6, 6.07) is 11.2. The lowest BCUT2D eigenvalue weighted by Crippen LogP contribution is -2.03. The normalized spacial score (nSPS) is 11.4. The maximum absolute atomic E-state index is 4.36. The van der Waals surface area contributed by atoms with Crippen LogP contribution in [0.3, 0.4) is 0 Å². The van der Waals surface area contributed by atoms with Crippen molar-refractivity contribution in [1.29, 1.82) is 0 Å². The summed E-state index contributed by atoms with van der Waals surface area (Å²) in [5.74, 6) is 0.798. The first-order chi connectivity index (χ1) is 6.74. The van der Waals surface area contributed by atoms with Crippen molar-refractivity contribution < 1.29 is 0 Å². The van der Waals surface area contributed by atoms with Gasteiger partial charge in [0.25, 0.3) is 0 Å². The van der Waals surface area contributed by atoms with Crippen LogP contribution in [0.15, 0.2) is 30.3 Å². The Bertz CT molecular complexity index is 443. The van der Waals surface area contributed by atoms with Gasteiger partial charge in [-0.25, -0.2) is 0 Å². The highest BCUT2D eigenvalue weighted by atomic mass is 32.1. The lowest BCUT2D eigenvalue weighted by Gasteiger charge is -2.13. The van der Waals surface area contributed by atoms with Gasteiger partial charge in [0.15, 0.2) is 0 Å². The fraction of sp³-hybridized carbons (Fsp3) is 0.333. The first kappa shape index (κ1) is 9.66. The second-order valence-corrected chi connectivity index (χ2v) is 4.13. The van der Waals surface area contributed by atoms with Gasteiger partial charge >= 0.3 is 0 Å². The fourth-order valence-electron chi connectivity index (χ4n) is 1.96. The van der Waals surface area contributed by atoms with Gasteiger partial charge in [-0.1, -0.05) is 18.2 Å². The summed E-state index contributed by atoms with van der Waals surface area (Å²) in [7, 11) is 0. The largest absolute Gasteiger partial charge is 0.341 e. The Kier molecular flexibility index (Phi) is 2.55. The molecule has 0 radical (unpaired) electrons. The van der Waals surface area contributed by atoms with Crippen molar-refractivity contribution in [3.8, 4) is 0 Å². The monoisotopic (exact) mass is 205 g/mol. The van der Waals surface area contributed by atoms with Gasteiger partial charge in [-0.15, -0.1) is 0 Å². The molecule has 0 amide bonds. The number of hydrogen-bond acceptors (Lipinski definition) is 1. The van der Waals surface area contributed by atoms with Crippen LogP contribution in [-0.2, 0) is 5.75 Å². The molecule has 0 spiro atoms. The van der Waals surface area contributed by atoms with Crippen LogP contribution in [0.25, 0.3) is 10.9 Å². The molecule has 0 saturated heterocycles. The number of hydrogen-bond donors (Lipinski definition) is 1. The zero-order valence-corrected chi connectivity index (χ0v) is 9.46. The Hall–Kier alpha value is -0.890. The molecule has 0 aliphatic carbocycles. The lowest BCUT2D eigenvalue weighted by molar-refractivity contribution is 0.606. The lowest BCUT2D eigenvalue weighted by atomic mass is 10.2. The minimum Gasteiger partial charge on any atom is -0.341 e. The molecule has 1 aromatic carbocycles. The molecule has 0 bridgehead atoms. The van der Waals surface area contributed by atoms with Crippen molar-refractivity contribution >= 4 is 23.5 Å². The molecule has 2 aromatic rings. The molecule has 1 nitrogen and oxygen atoms in total. The van der Waals surface area contributed by atoms with Crippen molar-refractivity contribution in [3.63, 3.8) is 0 Å². The van der Waals surface area contributed by atoms with Gasteiger partial charge in [-0.2, -0.15) is 12.6 Å². The molecular weight excluding hydrogens is 190 g/mol. The van der Waals surface area contributed by atoms with Gasteiger partial charge < -0.3 is 4.57 Å². The summed E-state index contributed by atoms with van der Waals surface area (Å²) in [6.07, 6.45) is 0. The number of rotatable bonds is 2. The van der Waals surface area contributed by atoms with Crippen LogP contribution in [0.1, 0.15) is 25.6 Å². The van der Waals surface area contributed by atoms with Crippen molar-refractivity contribution in [1.82, 2.24) is 4.57 Å². The molecule has 2 heteroatoms. The average Bonchev–Trinajstić information content (AvgIpc) is 2.55. The molecule has 1 heterocycles.